The lowest BCUT2D eigenvalue weighted by molar-refractivity contribution is -0.0950. The Bertz CT molecular complexity index is 851. The second-order valence-electron chi connectivity index (χ2n) is 7.34. The summed E-state index contributed by atoms with van der Waals surface area (Å²) in [6, 6.07) is 12.1. The highest BCUT2D eigenvalue weighted by molar-refractivity contribution is 5.91. The second-order valence-corrected chi connectivity index (χ2v) is 7.34. The van der Waals surface area contributed by atoms with Crippen LogP contribution < -0.4 is 15.0 Å². The summed E-state index contributed by atoms with van der Waals surface area (Å²) in [6.45, 7) is 3.90. The molecule has 1 saturated heterocycles. The van der Waals surface area contributed by atoms with Gasteiger partial charge in [-0.1, -0.05) is 12.1 Å². The number of anilines is 1. The molecule has 1 aliphatic rings. The number of hydrogen-bond acceptors (Lipinski definition) is 4. The minimum Gasteiger partial charge on any atom is -0.489 e. The predicted octanol–water partition coefficient (Wildman–Crippen LogP) is 4.22. The highest BCUT2D eigenvalue weighted by Gasteiger charge is 2.35. The average molecular weight is 416 g/mol. The molecular formula is C23H29FN2O4. The van der Waals surface area contributed by atoms with Gasteiger partial charge in [-0.15, -0.1) is 0 Å². The molecule has 30 heavy (non-hydrogen) atoms. The maximum Gasteiger partial charge on any atom is 0.321 e. The average Bonchev–Trinajstić information content (AvgIpc) is 2.78. The number of methoxy groups -OCH3 is 1. The van der Waals surface area contributed by atoms with Crippen LogP contribution in [0.2, 0.25) is 0 Å². The van der Waals surface area contributed by atoms with Gasteiger partial charge in [-0.25, -0.2) is 9.18 Å². The maximum atomic E-state index is 14.3. The zero-order valence-electron chi connectivity index (χ0n) is 17.7. The smallest absolute Gasteiger partial charge is 0.321 e. The summed E-state index contributed by atoms with van der Waals surface area (Å²) in [5.41, 5.74) is 1.91. The predicted molar refractivity (Wildman–Crippen MR) is 113 cm³/mol. The molecule has 0 aliphatic carbocycles. The SMILES string of the molecule is CCNC(=O)N(C)c1ccc(COc2cc(F)cc(C3(OC)CCOCC3)c2)cc1. The zero-order chi connectivity index (χ0) is 21.6. The van der Waals surface area contributed by atoms with Crippen LogP contribution in [0.5, 0.6) is 5.75 Å². The summed E-state index contributed by atoms with van der Waals surface area (Å²) in [4.78, 5) is 13.5. The van der Waals surface area contributed by atoms with Gasteiger partial charge in [0.05, 0.1) is 5.60 Å². The minimum atomic E-state index is -0.552. The van der Waals surface area contributed by atoms with Gasteiger partial charge in [-0.05, 0) is 42.3 Å². The standard InChI is InChI=1S/C23H29FN2O4/c1-4-25-22(27)26(2)20-7-5-17(6-8-20)16-30-21-14-18(13-19(24)15-21)23(28-3)9-11-29-12-10-23/h5-8,13-15H,4,9-12,16H2,1-3H3,(H,25,27). The fourth-order valence-corrected chi connectivity index (χ4v) is 3.59. The lowest BCUT2D eigenvalue weighted by Gasteiger charge is -2.36. The Hall–Kier alpha value is -2.64. The van der Waals surface area contributed by atoms with Crippen molar-refractivity contribution in [2.45, 2.75) is 32.0 Å². The van der Waals surface area contributed by atoms with Crippen molar-refractivity contribution in [1.82, 2.24) is 5.32 Å². The normalized spacial score (nSPS) is 15.5. The number of halogens is 1. The Morgan fingerprint density at radius 2 is 1.90 bits per heavy atom. The van der Waals surface area contributed by atoms with Crippen LogP contribution in [0.3, 0.4) is 0 Å². The number of hydrogen-bond donors (Lipinski definition) is 1. The van der Waals surface area contributed by atoms with E-state index >= 15 is 0 Å². The van der Waals surface area contributed by atoms with Crippen LogP contribution in [0.4, 0.5) is 14.9 Å². The topological polar surface area (TPSA) is 60.0 Å². The molecule has 0 aromatic heterocycles. The van der Waals surface area contributed by atoms with Gasteiger partial charge in [0.25, 0.3) is 0 Å². The summed E-state index contributed by atoms with van der Waals surface area (Å²) < 4.78 is 31.4. The van der Waals surface area contributed by atoms with Crippen LogP contribution in [-0.2, 0) is 21.7 Å². The van der Waals surface area contributed by atoms with E-state index in [1.165, 1.54) is 12.1 Å². The lowest BCUT2D eigenvalue weighted by Crippen LogP contribution is -2.37. The maximum absolute atomic E-state index is 14.3. The molecule has 3 rings (SSSR count). The van der Waals surface area contributed by atoms with Crippen LogP contribution in [0.1, 0.15) is 30.9 Å². The van der Waals surface area contributed by atoms with Crippen molar-refractivity contribution in [3.8, 4) is 5.75 Å². The first kappa shape index (κ1) is 22.1. The van der Waals surface area contributed by atoms with E-state index in [0.717, 1.165) is 16.8 Å². The Balaban J connectivity index is 1.69. The Morgan fingerprint density at radius 1 is 1.20 bits per heavy atom. The molecule has 0 atom stereocenters. The van der Waals surface area contributed by atoms with Gasteiger partial charge < -0.3 is 19.5 Å². The molecule has 0 bridgehead atoms. The van der Waals surface area contributed by atoms with Gasteiger partial charge >= 0.3 is 6.03 Å². The van der Waals surface area contributed by atoms with Crippen LogP contribution >= 0.6 is 0 Å². The van der Waals surface area contributed by atoms with Crippen LogP contribution in [-0.4, -0.2) is 39.9 Å². The lowest BCUT2D eigenvalue weighted by atomic mass is 9.86. The third-order valence-electron chi connectivity index (χ3n) is 5.45. The summed E-state index contributed by atoms with van der Waals surface area (Å²) in [7, 11) is 3.36. The van der Waals surface area contributed by atoms with E-state index in [1.807, 2.05) is 37.3 Å². The van der Waals surface area contributed by atoms with E-state index < -0.39 is 5.60 Å². The minimum absolute atomic E-state index is 0.158. The van der Waals surface area contributed by atoms with E-state index in [4.69, 9.17) is 14.2 Å². The molecule has 1 heterocycles. The van der Waals surface area contributed by atoms with Gasteiger partial charge in [0.2, 0.25) is 0 Å². The number of benzene rings is 2. The molecular weight excluding hydrogens is 387 g/mol. The number of ether oxygens (including phenoxy) is 3. The van der Waals surface area contributed by atoms with E-state index in [2.05, 4.69) is 5.32 Å². The first-order chi connectivity index (χ1) is 14.5. The van der Waals surface area contributed by atoms with Crippen molar-refractivity contribution in [1.29, 1.82) is 0 Å². The quantitative estimate of drug-likeness (QED) is 0.734. The van der Waals surface area contributed by atoms with Gasteiger partial charge in [0, 0.05) is 58.5 Å². The van der Waals surface area contributed by atoms with Crippen LogP contribution in [0, 0.1) is 5.82 Å². The van der Waals surface area contributed by atoms with Crippen molar-refractivity contribution in [3.05, 3.63) is 59.4 Å². The van der Waals surface area contributed by atoms with Gasteiger partial charge in [-0.2, -0.15) is 0 Å². The third kappa shape index (κ3) is 5.09. The van der Waals surface area contributed by atoms with Gasteiger partial charge in [-0.3, -0.25) is 4.90 Å². The fourth-order valence-electron chi connectivity index (χ4n) is 3.59. The largest absolute Gasteiger partial charge is 0.489 e. The van der Waals surface area contributed by atoms with E-state index in [1.54, 1.807) is 19.1 Å². The van der Waals surface area contributed by atoms with E-state index in [-0.39, 0.29) is 18.5 Å². The van der Waals surface area contributed by atoms with Crippen LogP contribution in [0.15, 0.2) is 42.5 Å². The Labute approximate surface area is 176 Å². The molecule has 2 amide bonds. The van der Waals surface area contributed by atoms with Gasteiger partial charge in [0.15, 0.2) is 0 Å². The summed E-state index contributed by atoms with van der Waals surface area (Å²) in [6.07, 6.45) is 1.35. The number of urea groups is 1. The van der Waals surface area contributed by atoms with Gasteiger partial charge in [0.1, 0.15) is 18.2 Å². The number of carbonyl (C=O) groups is 1. The number of rotatable bonds is 7. The molecule has 1 fully saturated rings. The Kier molecular flexibility index (Phi) is 7.29. The van der Waals surface area contributed by atoms with Crippen molar-refractivity contribution in [3.63, 3.8) is 0 Å². The highest BCUT2D eigenvalue weighted by Crippen LogP contribution is 2.37. The fraction of sp³-hybridized carbons (Fsp3) is 0.435. The molecule has 1 aliphatic heterocycles. The summed E-state index contributed by atoms with van der Waals surface area (Å²) >= 11 is 0. The third-order valence-corrected chi connectivity index (χ3v) is 5.45. The molecule has 162 valence electrons. The second kappa shape index (κ2) is 9.91. The van der Waals surface area contributed by atoms with Crippen molar-refractivity contribution < 1.29 is 23.4 Å². The van der Waals surface area contributed by atoms with E-state index in [0.29, 0.717) is 38.3 Å². The summed E-state index contributed by atoms with van der Waals surface area (Å²) in [5.74, 6) is 0.0979. The molecule has 0 saturated carbocycles. The molecule has 0 unspecified atom stereocenters. The van der Waals surface area contributed by atoms with Crippen molar-refractivity contribution >= 4 is 11.7 Å². The Morgan fingerprint density at radius 3 is 2.53 bits per heavy atom. The number of nitrogens with zero attached hydrogens (tertiary/aromatic N) is 1. The van der Waals surface area contributed by atoms with Crippen molar-refractivity contribution in [2.75, 3.05) is 38.8 Å². The number of amides is 2. The number of nitrogens with one attached hydrogen (secondary N) is 1. The molecule has 2 aromatic rings. The molecule has 2 aromatic carbocycles. The van der Waals surface area contributed by atoms with E-state index in [9.17, 15) is 9.18 Å². The van der Waals surface area contributed by atoms with Crippen LogP contribution in [0.25, 0.3) is 0 Å². The zero-order valence-corrected chi connectivity index (χ0v) is 17.7. The first-order valence-electron chi connectivity index (χ1n) is 10.1. The molecule has 6 nitrogen and oxygen atoms in total. The summed E-state index contributed by atoms with van der Waals surface area (Å²) in [5, 5.41) is 2.76. The monoisotopic (exact) mass is 416 g/mol. The first-order valence-corrected chi connectivity index (χ1v) is 10.1. The highest BCUT2D eigenvalue weighted by atomic mass is 19.1. The molecule has 1 N–H and O–H groups in total. The van der Waals surface area contributed by atoms with Crippen molar-refractivity contribution in [2.24, 2.45) is 0 Å². The molecule has 0 radical (unpaired) electrons. The number of carbonyl (C=O) groups excluding carboxylic acids is 1. The molecule has 0 spiro atoms. The molecule has 7 heteroatoms.